The molecule has 6 nitrogen and oxygen atoms in total. The molecule has 0 aliphatic carbocycles. The van der Waals surface area contributed by atoms with Crippen molar-refractivity contribution in [3.05, 3.63) is 22.2 Å². The van der Waals surface area contributed by atoms with Gasteiger partial charge in [-0.2, -0.15) is 0 Å². The monoisotopic (exact) mass is 155 g/mol. The Bertz CT molecular complexity index is 319. The second kappa shape index (κ2) is 2.93. The van der Waals surface area contributed by atoms with Gasteiger partial charge in [0.2, 0.25) is 0 Å². The van der Waals surface area contributed by atoms with Crippen molar-refractivity contribution >= 4 is 12.1 Å². The van der Waals surface area contributed by atoms with E-state index in [0.717, 1.165) is 6.20 Å². The van der Waals surface area contributed by atoms with Gasteiger partial charge in [0.15, 0.2) is 6.29 Å². The summed E-state index contributed by atoms with van der Waals surface area (Å²) in [6, 6.07) is 0. The standard InChI is InChI=1S/C5H5N3O3/c9-2-3-1-6-5(10)7-4(3)8-11/h1-2,11H,(H2,6,7,8,10). The normalized spacial score (nSPS) is 9.18. The number of anilines is 1. The highest BCUT2D eigenvalue weighted by Crippen LogP contribution is 2.02. The van der Waals surface area contributed by atoms with Crippen molar-refractivity contribution in [2.45, 2.75) is 0 Å². The third-order valence-electron chi connectivity index (χ3n) is 1.08. The Morgan fingerprint density at radius 2 is 2.45 bits per heavy atom. The maximum absolute atomic E-state index is 10.5. The minimum absolute atomic E-state index is 0.0556. The quantitative estimate of drug-likeness (QED) is 0.391. The van der Waals surface area contributed by atoms with E-state index in [9.17, 15) is 9.59 Å². The number of rotatable bonds is 2. The Morgan fingerprint density at radius 1 is 1.73 bits per heavy atom. The van der Waals surface area contributed by atoms with Crippen LogP contribution < -0.4 is 11.2 Å². The molecule has 0 saturated carbocycles. The molecule has 1 heterocycles. The summed E-state index contributed by atoms with van der Waals surface area (Å²) in [7, 11) is 0. The average molecular weight is 155 g/mol. The van der Waals surface area contributed by atoms with Crippen molar-refractivity contribution in [3.63, 3.8) is 0 Å². The zero-order chi connectivity index (χ0) is 8.27. The van der Waals surface area contributed by atoms with E-state index in [1.54, 1.807) is 5.48 Å². The van der Waals surface area contributed by atoms with Crippen molar-refractivity contribution in [1.29, 1.82) is 0 Å². The zero-order valence-electron chi connectivity index (χ0n) is 5.37. The van der Waals surface area contributed by atoms with E-state index in [-0.39, 0.29) is 11.4 Å². The van der Waals surface area contributed by atoms with Gasteiger partial charge in [-0.15, -0.1) is 0 Å². The first-order valence-electron chi connectivity index (χ1n) is 2.72. The van der Waals surface area contributed by atoms with Crippen LogP contribution in [-0.2, 0) is 0 Å². The van der Waals surface area contributed by atoms with Crippen LogP contribution in [0.3, 0.4) is 0 Å². The van der Waals surface area contributed by atoms with E-state index in [1.165, 1.54) is 0 Å². The third kappa shape index (κ3) is 1.41. The van der Waals surface area contributed by atoms with Gasteiger partial charge >= 0.3 is 5.69 Å². The number of H-pyrrole nitrogens is 1. The number of aldehydes is 1. The minimum atomic E-state index is -0.632. The molecular formula is C5H5N3O3. The van der Waals surface area contributed by atoms with Crippen LogP contribution in [0.2, 0.25) is 0 Å². The lowest BCUT2D eigenvalue weighted by Crippen LogP contribution is -2.13. The van der Waals surface area contributed by atoms with Gasteiger partial charge in [0.25, 0.3) is 0 Å². The first kappa shape index (κ1) is 7.42. The smallest absolute Gasteiger partial charge is 0.298 e. The number of aromatic nitrogens is 2. The molecule has 1 rings (SSSR count). The summed E-state index contributed by atoms with van der Waals surface area (Å²) >= 11 is 0. The van der Waals surface area contributed by atoms with Gasteiger partial charge < -0.3 is 0 Å². The van der Waals surface area contributed by atoms with Crippen molar-refractivity contribution in [3.8, 4) is 0 Å². The summed E-state index contributed by atoms with van der Waals surface area (Å²) in [4.78, 5) is 26.1. The molecule has 6 heteroatoms. The van der Waals surface area contributed by atoms with Crippen LogP contribution in [-0.4, -0.2) is 21.5 Å². The fraction of sp³-hybridized carbons (Fsp3) is 0. The number of hydrogen-bond donors (Lipinski definition) is 3. The van der Waals surface area contributed by atoms with Crippen LogP contribution in [0.1, 0.15) is 10.4 Å². The lowest BCUT2D eigenvalue weighted by molar-refractivity contribution is 0.112. The van der Waals surface area contributed by atoms with Gasteiger partial charge in [-0.25, -0.2) is 9.78 Å². The van der Waals surface area contributed by atoms with Gasteiger partial charge in [0, 0.05) is 6.20 Å². The van der Waals surface area contributed by atoms with Crippen LogP contribution in [0.4, 0.5) is 5.82 Å². The van der Waals surface area contributed by atoms with Crippen LogP contribution in [0.5, 0.6) is 0 Å². The molecule has 0 saturated heterocycles. The summed E-state index contributed by atoms with van der Waals surface area (Å²) < 4.78 is 0. The summed E-state index contributed by atoms with van der Waals surface area (Å²) in [5, 5.41) is 8.37. The summed E-state index contributed by atoms with van der Waals surface area (Å²) in [6.07, 6.45) is 1.52. The van der Waals surface area contributed by atoms with Crippen LogP contribution in [0, 0.1) is 0 Å². The minimum Gasteiger partial charge on any atom is -0.298 e. The molecule has 58 valence electrons. The molecular weight excluding hydrogens is 150 g/mol. The first-order chi connectivity index (χ1) is 5.27. The van der Waals surface area contributed by atoms with E-state index in [4.69, 9.17) is 5.21 Å². The first-order valence-corrected chi connectivity index (χ1v) is 2.72. The number of aromatic amines is 1. The number of carbonyl (C=O) groups excluding carboxylic acids is 1. The number of nitrogens with one attached hydrogen (secondary N) is 2. The summed E-state index contributed by atoms with van der Waals surface area (Å²) in [6.45, 7) is 0. The molecule has 0 amide bonds. The van der Waals surface area contributed by atoms with Gasteiger partial charge in [0.1, 0.15) is 5.82 Å². The molecule has 1 aromatic heterocycles. The molecule has 1 aromatic rings. The van der Waals surface area contributed by atoms with E-state index in [0.29, 0.717) is 6.29 Å². The van der Waals surface area contributed by atoms with Crippen LogP contribution in [0.25, 0.3) is 0 Å². The van der Waals surface area contributed by atoms with Crippen LogP contribution >= 0.6 is 0 Å². The highest BCUT2D eigenvalue weighted by atomic mass is 16.5. The van der Waals surface area contributed by atoms with E-state index in [2.05, 4.69) is 9.97 Å². The highest BCUT2D eigenvalue weighted by Gasteiger charge is 2.00. The van der Waals surface area contributed by atoms with E-state index in [1.807, 2.05) is 0 Å². The van der Waals surface area contributed by atoms with Gasteiger partial charge in [-0.1, -0.05) is 0 Å². The summed E-state index contributed by atoms with van der Waals surface area (Å²) in [5.74, 6) is -0.0556. The Kier molecular flexibility index (Phi) is 1.98. The molecule has 0 unspecified atom stereocenters. The molecule has 0 aromatic carbocycles. The molecule has 0 fully saturated rings. The lowest BCUT2D eigenvalue weighted by Gasteiger charge is -1.98. The molecule has 0 atom stereocenters. The molecule has 0 aliphatic rings. The summed E-state index contributed by atoms with van der Waals surface area (Å²) in [5.41, 5.74) is 1.12. The third-order valence-corrected chi connectivity index (χ3v) is 1.08. The predicted molar refractivity (Wildman–Crippen MR) is 35.7 cm³/mol. The molecule has 0 radical (unpaired) electrons. The number of hydrogen-bond acceptors (Lipinski definition) is 5. The van der Waals surface area contributed by atoms with Gasteiger partial charge in [-0.3, -0.25) is 20.5 Å². The average Bonchev–Trinajstić information content (AvgIpc) is 2.04. The van der Waals surface area contributed by atoms with Crippen molar-refractivity contribution in [2.24, 2.45) is 0 Å². The fourth-order valence-electron chi connectivity index (χ4n) is 0.586. The Balaban J connectivity index is 3.27. The number of carbonyl (C=O) groups is 1. The van der Waals surface area contributed by atoms with E-state index < -0.39 is 5.69 Å². The predicted octanol–water partition coefficient (Wildman–Crippen LogP) is -0.617. The fourth-order valence-corrected chi connectivity index (χ4v) is 0.586. The number of nitrogens with zero attached hydrogens (tertiary/aromatic N) is 1. The Labute approximate surface area is 60.9 Å². The van der Waals surface area contributed by atoms with Crippen LogP contribution in [0.15, 0.2) is 11.0 Å². The van der Waals surface area contributed by atoms with E-state index >= 15 is 0 Å². The zero-order valence-corrected chi connectivity index (χ0v) is 5.37. The second-order valence-electron chi connectivity index (χ2n) is 1.75. The SMILES string of the molecule is O=Cc1cnc(=O)[nH]c1NO. The van der Waals surface area contributed by atoms with Gasteiger partial charge in [-0.05, 0) is 0 Å². The van der Waals surface area contributed by atoms with Gasteiger partial charge in [0.05, 0.1) is 5.56 Å². The largest absolute Gasteiger partial charge is 0.346 e. The lowest BCUT2D eigenvalue weighted by atomic mass is 10.3. The maximum Gasteiger partial charge on any atom is 0.346 e. The molecule has 11 heavy (non-hydrogen) atoms. The highest BCUT2D eigenvalue weighted by molar-refractivity contribution is 5.81. The molecule has 3 N–H and O–H groups in total. The molecule has 0 aliphatic heterocycles. The molecule has 0 spiro atoms. The van der Waals surface area contributed by atoms with Crippen molar-refractivity contribution in [2.75, 3.05) is 5.48 Å². The maximum atomic E-state index is 10.5. The Morgan fingerprint density at radius 3 is 3.00 bits per heavy atom. The Hall–Kier alpha value is -1.69. The van der Waals surface area contributed by atoms with Crippen molar-refractivity contribution < 1.29 is 10.0 Å². The molecule has 0 bridgehead atoms. The second-order valence-corrected chi connectivity index (χ2v) is 1.75. The topological polar surface area (TPSA) is 95.1 Å². The van der Waals surface area contributed by atoms with Crippen molar-refractivity contribution in [1.82, 2.24) is 9.97 Å².